The maximum absolute atomic E-state index is 15.8. The van der Waals surface area contributed by atoms with Crippen LogP contribution in [0.25, 0.3) is 11.3 Å². The highest BCUT2D eigenvalue weighted by atomic mass is 19.1. The molecule has 8 nitrogen and oxygen atoms in total. The molecule has 2 N–H and O–H groups in total. The van der Waals surface area contributed by atoms with Crippen molar-refractivity contribution >= 4 is 17.6 Å². The van der Waals surface area contributed by atoms with Crippen molar-refractivity contribution in [2.75, 3.05) is 19.6 Å². The van der Waals surface area contributed by atoms with E-state index in [2.05, 4.69) is 21.9 Å². The number of allylic oxidation sites excluding steroid dienone is 2. The number of amidine groups is 1. The Labute approximate surface area is 237 Å². The van der Waals surface area contributed by atoms with Gasteiger partial charge in [0.2, 0.25) is 5.91 Å². The number of pyridine rings is 1. The molecule has 0 radical (unpaired) electrons. The summed E-state index contributed by atoms with van der Waals surface area (Å²) in [6, 6.07) is 4.46. The first-order chi connectivity index (χ1) is 19.5. The number of carbonyl (C=O) groups is 2. The number of carbonyl (C=O) groups excluding carboxylic acids is 2. The molecule has 0 bridgehead atoms. The summed E-state index contributed by atoms with van der Waals surface area (Å²) in [4.78, 5) is 38.9. The van der Waals surface area contributed by atoms with Gasteiger partial charge in [-0.2, -0.15) is 4.99 Å². The highest BCUT2D eigenvalue weighted by Gasteiger charge is 2.42. The van der Waals surface area contributed by atoms with Gasteiger partial charge in [-0.3, -0.25) is 9.59 Å². The fraction of sp³-hybridized carbons (Fsp3) is 0.355. The minimum atomic E-state index is -0.953. The van der Waals surface area contributed by atoms with Gasteiger partial charge < -0.3 is 20.2 Å². The number of aromatic hydroxyl groups is 1. The molecule has 3 atom stereocenters. The molecule has 10 heteroatoms. The molecule has 5 rings (SSSR count). The molecule has 3 aliphatic rings. The number of nitrogens with one attached hydrogen (secondary N) is 1. The second kappa shape index (κ2) is 10.9. The van der Waals surface area contributed by atoms with Crippen molar-refractivity contribution in [3.05, 3.63) is 83.2 Å². The number of aromatic nitrogens is 1. The van der Waals surface area contributed by atoms with E-state index in [-0.39, 0.29) is 46.7 Å². The topological polar surface area (TPSA) is 98.1 Å². The molecule has 3 aliphatic heterocycles. The number of nitrogens with zero attached hydrogens (tertiary/aromatic N) is 4. The largest absolute Gasteiger partial charge is 0.507 e. The Morgan fingerprint density at radius 1 is 1.24 bits per heavy atom. The fourth-order valence-electron chi connectivity index (χ4n) is 5.94. The van der Waals surface area contributed by atoms with Gasteiger partial charge in [-0.25, -0.2) is 13.8 Å². The molecule has 1 saturated heterocycles. The summed E-state index contributed by atoms with van der Waals surface area (Å²) in [5, 5.41) is 13.8. The van der Waals surface area contributed by atoms with Crippen LogP contribution >= 0.6 is 0 Å². The second-order valence-corrected chi connectivity index (χ2v) is 11.0. The van der Waals surface area contributed by atoms with E-state index >= 15 is 4.39 Å². The molecule has 1 aromatic heterocycles. The third-order valence-corrected chi connectivity index (χ3v) is 7.97. The van der Waals surface area contributed by atoms with Crippen molar-refractivity contribution in [2.24, 2.45) is 10.9 Å². The van der Waals surface area contributed by atoms with Gasteiger partial charge in [0.1, 0.15) is 34.8 Å². The average molecular weight is 562 g/mol. The van der Waals surface area contributed by atoms with E-state index in [1.807, 2.05) is 44.9 Å². The zero-order valence-corrected chi connectivity index (χ0v) is 23.5. The maximum Gasteiger partial charge on any atom is 0.261 e. The van der Waals surface area contributed by atoms with Crippen molar-refractivity contribution in [3.8, 4) is 17.0 Å². The van der Waals surface area contributed by atoms with E-state index in [0.717, 1.165) is 17.2 Å². The van der Waals surface area contributed by atoms with E-state index < -0.39 is 29.2 Å². The molecule has 214 valence electrons. The van der Waals surface area contributed by atoms with Gasteiger partial charge in [-0.05, 0) is 67.5 Å². The Kier molecular flexibility index (Phi) is 7.50. The van der Waals surface area contributed by atoms with Gasteiger partial charge >= 0.3 is 0 Å². The summed E-state index contributed by atoms with van der Waals surface area (Å²) in [7, 11) is 0. The van der Waals surface area contributed by atoms with Gasteiger partial charge in [-0.1, -0.05) is 26.5 Å². The van der Waals surface area contributed by atoms with Crippen LogP contribution in [0.5, 0.6) is 5.75 Å². The van der Waals surface area contributed by atoms with Gasteiger partial charge in [-0.15, -0.1) is 0 Å². The molecule has 4 heterocycles. The molecule has 2 aromatic rings. The maximum atomic E-state index is 15.8. The summed E-state index contributed by atoms with van der Waals surface area (Å²) >= 11 is 0. The highest BCUT2D eigenvalue weighted by Crippen LogP contribution is 2.41. The van der Waals surface area contributed by atoms with Crippen LogP contribution in [0, 0.1) is 17.6 Å². The number of piperazine rings is 1. The monoisotopic (exact) mass is 561 g/mol. The number of phenols is 1. The summed E-state index contributed by atoms with van der Waals surface area (Å²) in [6.07, 6.45) is 4.96. The Balaban J connectivity index is 1.70. The minimum Gasteiger partial charge on any atom is -0.507 e. The van der Waals surface area contributed by atoms with E-state index in [0.29, 0.717) is 25.2 Å². The van der Waals surface area contributed by atoms with Crippen molar-refractivity contribution in [1.82, 2.24) is 20.1 Å². The molecule has 2 amide bonds. The summed E-state index contributed by atoms with van der Waals surface area (Å²) in [5.74, 6) is -3.41. The first-order valence-electron chi connectivity index (χ1n) is 13.7. The van der Waals surface area contributed by atoms with E-state index in [1.165, 1.54) is 24.3 Å². The number of dihydropyridines is 1. The number of fused-ring (bicyclic) bond motifs is 1. The van der Waals surface area contributed by atoms with Crippen molar-refractivity contribution in [2.45, 2.75) is 45.7 Å². The van der Waals surface area contributed by atoms with Gasteiger partial charge in [0, 0.05) is 31.2 Å². The number of aliphatic imine (C=N–C) groups is 1. The van der Waals surface area contributed by atoms with Crippen molar-refractivity contribution in [3.63, 3.8) is 0 Å². The van der Waals surface area contributed by atoms with E-state index in [4.69, 9.17) is 0 Å². The molecule has 1 aromatic carbocycles. The van der Waals surface area contributed by atoms with Crippen LogP contribution in [0.4, 0.5) is 8.78 Å². The molecule has 0 saturated carbocycles. The van der Waals surface area contributed by atoms with Crippen molar-refractivity contribution < 1.29 is 23.5 Å². The SMILES string of the molecule is C=CC(=O)N1CCN(C2=NC(=O)C(C3=C(C)C=CNC3C(C)C)c3nc(-c4c(O)cccc4F)c(F)cc32)[C@@H](C)C1. The minimum absolute atomic E-state index is 0.0950. The van der Waals surface area contributed by atoms with Gasteiger partial charge in [0.05, 0.1) is 17.3 Å². The lowest BCUT2D eigenvalue weighted by atomic mass is 9.78. The zero-order valence-electron chi connectivity index (χ0n) is 23.5. The molecular formula is C31H33F2N5O3. The Morgan fingerprint density at radius 2 is 2.00 bits per heavy atom. The number of phenolic OH excluding ortho intramolecular Hbond substituents is 1. The second-order valence-electron chi connectivity index (χ2n) is 11.0. The standard InChI is InChI=1S/C31H33F2N5O3/c1-6-23(40)37-12-13-38(18(5)15-37)30-19-14-21(33)29(25-20(32)8-7-9-22(25)39)35-28(19)26(31(41)36-30)24-17(4)10-11-34-27(24)16(2)3/h6-11,14,16,18,26-27,34,39H,1,12-13,15H2,2-5H3/t18-,26?,27?/m0/s1. The smallest absolute Gasteiger partial charge is 0.261 e. The quantitative estimate of drug-likeness (QED) is 0.541. The van der Waals surface area contributed by atoms with E-state index in [1.54, 1.807) is 4.90 Å². The highest BCUT2D eigenvalue weighted by molar-refractivity contribution is 6.12. The normalized spacial score (nSPS) is 22.5. The zero-order chi connectivity index (χ0) is 29.6. The lowest BCUT2D eigenvalue weighted by Gasteiger charge is -2.43. The van der Waals surface area contributed by atoms with Crippen LogP contribution in [0.3, 0.4) is 0 Å². The van der Waals surface area contributed by atoms with Crippen LogP contribution in [0.1, 0.15) is 44.9 Å². The summed E-state index contributed by atoms with van der Waals surface area (Å²) in [6.45, 7) is 12.5. The van der Waals surface area contributed by atoms with Gasteiger partial charge in [0.25, 0.3) is 5.91 Å². The summed E-state index contributed by atoms with van der Waals surface area (Å²) in [5.41, 5.74) is 1.42. The fourth-order valence-corrected chi connectivity index (χ4v) is 5.94. The van der Waals surface area contributed by atoms with E-state index in [9.17, 15) is 19.1 Å². The third-order valence-electron chi connectivity index (χ3n) is 7.97. The molecule has 0 spiro atoms. The first-order valence-corrected chi connectivity index (χ1v) is 13.7. The molecule has 0 aliphatic carbocycles. The first kappa shape index (κ1) is 28.2. The van der Waals surface area contributed by atoms with Crippen molar-refractivity contribution in [1.29, 1.82) is 0 Å². The lowest BCUT2D eigenvalue weighted by Crippen LogP contribution is -2.56. The van der Waals surface area contributed by atoms with Crippen LogP contribution in [0.15, 0.2) is 65.3 Å². The third kappa shape index (κ3) is 4.92. The number of hydrogen-bond acceptors (Lipinski definition) is 6. The number of amides is 2. The molecule has 1 fully saturated rings. The number of benzene rings is 1. The number of hydrogen-bond donors (Lipinski definition) is 2. The van der Waals surface area contributed by atoms with Crippen LogP contribution in [0.2, 0.25) is 0 Å². The molecular weight excluding hydrogens is 528 g/mol. The van der Waals surface area contributed by atoms with Crippen LogP contribution in [-0.4, -0.2) is 69.3 Å². The van der Waals surface area contributed by atoms with Crippen LogP contribution < -0.4 is 5.32 Å². The van der Waals surface area contributed by atoms with Gasteiger partial charge in [0.15, 0.2) is 0 Å². The average Bonchev–Trinajstić information content (AvgIpc) is 2.93. The lowest BCUT2D eigenvalue weighted by molar-refractivity contribution is -0.128. The predicted molar refractivity (Wildman–Crippen MR) is 152 cm³/mol. The Bertz CT molecular complexity index is 1510. The Morgan fingerprint density at radius 3 is 2.66 bits per heavy atom. The Hall–Kier alpha value is -4.34. The predicted octanol–water partition coefficient (Wildman–Crippen LogP) is 4.28. The number of rotatable bonds is 4. The molecule has 2 unspecified atom stereocenters. The van der Waals surface area contributed by atoms with Crippen LogP contribution in [-0.2, 0) is 9.59 Å². The molecule has 41 heavy (non-hydrogen) atoms. The summed E-state index contributed by atoms with van der Waals surface area (Å²) < 4.78 is 30.7. The number of halogens is 2.